The summed E-state index contributed by atoms with van der Waals surface area (Å²) >= 11 is 0. The Morgan fingerprint density at radius 3 is 2.33 bits per heavy atom. The van der Waals surface area contributed by atoms with Crippen molar-refractivity contribution in [3.8, 4) is 0 Å². The van der Waals surface area contributed by atoms with Gasteiger partial charge in [0.15, 0.2) is 0 Å². The van der Waals surface area contributed by atoms with Gasteiger partial charge < -0.3 is 14.7 Å². The number of likely N-dealkylation sites (tertiary alicyclic amines) is 1. The van der Waals surface area contributed by atoms with E-state index >= 15 is 0 Å². The number of carbonyl (C=O) groups is 2. The van der Waals surface area contributed by atoms with E-state index in [1.807, 2.05) is 23.6 Å². The molecule has 1 atom stereocenters. The second-order valence-electron chi connectivity index (χ2n) is 9.46. The predicted octanol–water partition coefficient (Wildman–Crippen LogP) is 3.17. The van der Waals surface area contributed by atoms with Gasteiger partial charge in [-0.1, -0.05) is 19.3 Å². The van der Waals surface area contributed by atoms with Crippen LogP contribution in [0.5, 0.6) is 0 Å². The lowest BCUT2D eigenvalue weighted by molar-refractivity contribution is -0.143. The fourth-order valence-electron chi connectivity index (χ4n) is 5.41. The minimum absolute atomic E-state index is 0.0248. The molecule has 0 radical (unpaired) electrons. The standard InChI is InChI=1S/C24H36N4O2/c1-18-14-22(15-19(2)25-18)26-10-12-27(13-11-26)24(30)21-8-9-23(29)28(17-21)16-20-6-4-3-5-7-20/h14-15,20-21H,3-13,16-17H2,1-2H3/t21-/m1/s1. The SMILES string of the molecule is Cc1cc(N2CCN(C(=O)[C@@H]3CCC(=O)N(CC4CCCCC4)C3)CC2)cc(C)n1. The first-order valence-electron chi connectivity index (χ1n) is 11.8. The maximum atomic E-state index is 13.2. The molecule has 0 aromatic carbocycles. The largest absolute Gasteiger partial charge is 0.368 e. The van der Waals surface area contributed by atoms with Crippen LogP contribution in [-0.2, 0) is 9.59 Å². The quantitative estimate of drug-likeness (QED) is 0.762. The summed E-state index contributed by atoms with van der Waals surface area (Å²) in [6.07, 6.45) is 7.61. The fourth-order valence-corrected chi connectivity index (χ4v) is 5.41. The van der Waals surface area contributed by atoms with Crippen LogP contribution in [-0.4, -0.2) is 65.9 Å². The number of carbonyl (C=O) groups excluding carboxylic acids is 2. The predicted molar refractivity (Wildman–Crippen MR) is 118 cm³/mol. The molecule has 1 aromatic heterocycles. The van der Waals surface area contributed by atoms with Gasteiger partial charge in [0.05, 0.1) is 5.92 Å². The van der Waals surface area contributed by atoms with Crippen LogP contribution in [0.15, 0.2) is 12.1 Å². The Hall–Kier alpha value is -2.11. The highest BCUT2D eigenvalue weighted by Gasteiger charge is 2.34. The highest BCUT2D eigenvalue weighted by Crippen LogP contribution is 2.28. The zero-order chi connectivity index (χ0) is 21.1. The number of rotatable bonds is 4. The molecular weight excluding hydrogens is 376 g/mol. The minimum Gasteiger partial charge on any atom is -0.368 e. The summed E-state index contributed by atoms with van der Waals surface area (Å²) in [5.41, 5.74) is 3.27. The van der Waals surface area contributed by atoms with E-state index in [1.54, 1.807) is 0 Å². The lowest BCUT2D eigenvalue weighted by Gasteiger charge is -2.40. The minimum atomic E-state index is -0.0248. The van der Waals surface area contributed by atoms with Gasteiger partial charge in [-0.25, -0.2) is 0 Å². The number of anilines is 1. The maximum absolute atomic E-state index is 13.2. The topological polar surface area (TPSA) is 56.8 Å². The van der Waals surface area contributed by atoms with E-state index in [0.717, 1.165) is 44.1 Å². The summed E-state index contributed by atoms with van der Waals surface area (Å²) in [7, 11) is 0. The van der Waals surface area contributed by atoms with Crippen LogP contribution in [0.25, 0.3) is 0 Å². The Balaban J connectivity index is 1.31. The Morgan fingerprint density at radius 1 is 1.00 bits per heavy atom. The van der Waals surface area contributed by atoms with Gasteiger partial charge in [-0.15, -0.1) is 0 Å². The van der Waals surface area contributed by atoms with E-state index in [-0.39, 0.29) is 17.7 Å². The van der Waals surface area contributed by atoms with Crippen molar-refractivity contribution in [2.45, 2.75) is 58.8 Å². The van der Waals surface area contributed by atoms with Crippen molar-refractivity contribution >= 4 is 17.5 Å². The molecule has 0 N–H and O–H groups in total. The van der Waals surface area contributed by atoms with Crippen LogP contribution in [0.1, 0.15) is 56.3 Å². The second-order valence-corrected chi connectivity index (χ2v) is 9.46. The Bertz CT molecular complexity index is 746. The zero-order valence-corrected chi connectivity index (χ0v) is 18.6. The lowest BCUT2D eigenvalue weighted by atomic mass is 9.87. The maximum Gasteiger partial charge on any atom is 0.227 e. The number of aromatic nitrogens is 1. The highest BCUT2D eigenvalue weighted by molar-refractivity contribution is 5.84. The molecule has 4 rings (SSSR count). The van der Waals surface area contributed by atoms with Crippen molar-refractivity contribution in [3.63, 3.8) is 0 Å². The number of nitrogens with zero attached hydrogens (tertiary/aromatic N) is 4. The molecular formula is C24H36N4O2. The van der Waals surface area contributed by atoms with Crippen LogP contribution < -0.4 is 4.90 Å². The van der Waals surface area contributed by atoms with Crippen molar-refractivity contribution in [3.05, 3.63) is 23.5 Å². The highest BCUT2D eigenvalue weighted by atomic mass is 16.2. The smallest absolute Gasteiger partial charge is 0.227 e. The van der Waals surface area contributed by atoms with E-state index < -0.39 is 0 Å². The molecule has 0 unspecified atom stereocenters. The average molecular weight is 413 g/mol. The molecule has 3 fully saturated rings. The first kappa shape index (κ1) is 21.1. The Kier molecular flexibility index (Phi) is 6.59. The Labute approximate surface area is 180 Å². The van der Waals surface area contributed by atoms with Crippen molar-refractivity contribution in [1.29, 1.82) is 0 Å². The molecule has 1 saturated carbocycles. The lowest BCUT2D eigenvalue weighted by Crippen LogP contribution is -2.53. The van der Waals surface area contributed by atoms with E-state index in [9.17, 15) is 9.59 Å². The number of hydrogen-bond donors (Lipinski definition) is 0. The summed E-state index contributed by atoms with van der Waals surface area (Å²) in [5.74, 6) is 1.10. The second kappa shape index (κ2) is 9.36. The third-order valence-corrected chi connectivity index (χ3v) is 7.08. The summed E-state index contributed by atoms with van der Waals surface area (Å²) in [6, 6.07) is 4.25. The number of piperazine rings is 1. The van der Waals surface area contributed by atoms with Gasteiger partial charge >= 0.3 is 0 Å². The molecule has 0 bridgehead atoms. The molecule has 3 aliphatic rings. The molecule has 30 heavy (non-hydrogen) atoms. The van der Waals surface area contributed by atoms with Crippen molar-refractivity contribution in [1.82, 2.24) is 14.8 Å². The molecule has 1 aromatic rings. The summed E-state index contributed by atoms with van der Waals surface area (Å²) in [4.78, 5) is 36.5. The normalized spacial score (nSPS) is 23.7. The first-order chi connectivity index (χ1) is 14.5. The molecule has 2 aliphatic heterocycles. The van der Waals surface area contributed by atoms with Crippen molar-refractivity contribution in [2.75, 3.05) is 44.2 Å². The van der Waals surface area contributed by atoms with E-state index in [0.29, 0.717) is 25.3 Å². The van der Waals surface area contributed by atoms with Crippen LogP contribution in [0.2, 0.25) is 0 Å². The summed E-state index contributed by atoms with van der Waals surface area (Å²) in [6.45, 7) is 8.75. The van der Waals surface area contributed by atoms with Crippen LogP contribution in [0.4, 0.5) is 5.69 Å². The first-order valence-corrected chi connectivity index (χ1v) is 11.8. The fraction of sp³-hybridized carbons (Fsp3) is 0.708. The van der Waals surface area contributed by atoms with Gasteiger partial charge in [0.2, 0.25) is 11.8 Å². The van der Waals surface area contributed by atoms with Crippen molar-refractivity contribution < 1.29 is 9.59 Å². The summed E-state index contributed by atoms with van der Waals surface area (Å²) in [5, 5.41) is 0. The molecule has 2 amide bonds. The van der Waals surface area contributed by atoms with E-state index in [2.05, 4.69) is 22.0 Å². The molecule has 6 heteroatoms. The average Bonchev–Trinajstić information content (AvgIpc) is 2.75. The third kappa shape index (κ3) is 4.96. The third-order valence-electron chi connectivity index (χ3n) is 7.08. The number of pyridine rings is 1. The van der Waals surface area contributed by atoms with Gasteiger partial charge in [-0.05, 0) is 51.2 Å². The van der Waals surface area contributed by atoms with Crippen molar-refractivity contribution in [2.24, 2.45) is 11.8 Å². The summed E-state index contributed by atoms with van der Waals surface area (Å²) < 4.78 is 0. The van der Waals surface area contributed by atoms with Crippen LogP contribution in [0.3, 0.4) is 0 Å². The van der Waals surface area contributed by atoms with Gasteiger partial charge in [-0.3, -0.25) is 14.6 Å². The van der Waals surface area contributed by atoms with Gasteiger partial charge in [0.25, 0.3) is 0 Å². The van der Waals surface area contributed by atoms with E-state index in [4.69, 9.17) is 0 Å². The molecule has 2 saturated heterocycles. The number of amides is 2. The number of hydrogen-bond acceptors (Lipinski definition) is 4. The molecule has 1 aliphatic carbocycles. The monoisotopic (exact) mass is 412 g/mol. The molecule has 3 heterocycles. The van der Waals surface area contributed by atoms with E-state index in [1.165, 1.54) is 37.8 Å². The number of aryl methyl sites for hydroxylation is 2. The molecule has 0 spiro atoms. The molecule has 164 valence electrons. The zero-order valence-electron chi connectivity index (χ0n) is 18.6. The Morgan fingerprint density at radius 2 is 1.67 bits per heavy atom. The number of piperidine rings is 1. The van der Waals surface area contributed by atoms with Crippen LogP contribution in [0, 0.1) is 25.7 Å². The van der Waals surface area contributed by atoms with Crippen LogP contribution >= 0.6 is 0 Å². The van der Waals surface area contributed by atoms with Gasteiger partial charge in [-0.2, -0.15) is 0 Å². The van der Waals surface area contributed by atoms with Gasteiger partial charge in [0.1, 0.15) is 0 Å². The molecule has 6 nitrogen and oxygen atoms in total. The van der Waals surface area contributed by atoms with Gasteiger partial charge in [0, 0.05) is 62.8 Å².